The summed E-state index contributed by atoms with van der Waals surface area (Å²) in [5.41, 5.74) is 2.52. The summed E-state index contributed by atoms with van der Waals surface area (Å²) in [4.78, 5) is 16.5. The van der Waals surface area contributed by atoms with Gasteiger partial charge in [-0.15, -0.1) is 0 Å². The average Bonchev–Trinajstić information content (AvgIpc) is 3.60. The van der Waals surface area contributed by atoms with Crippen LogP contribution in [0.1, 0.15) is 19.8 Å². The van der Waals surface area contributed by atoms with Crippen LogP contribution in [0.3, 0.4) is 0 Å². The van der Waals surface area contributed by atoms with Crippen molar-refractivity contribution in [2.45, 2.75) is 19.8 Å². The Balaban J connectivity index is 1.36. The molecule has 0 bridgehead atoms. The second-order valence-electron chi connectivity index (χ2n) is 8.96. The van der Waals surface area contributed by atoms with Gasteiger partial charge in [0.25, 0.3) is 0 Å². The lowest BCUT2D eigenvalue weighted by Gasteiger charge is -2.36. The zero-order valence-corrected chi connectivity index (χ0v) is 19.4. The zero-order chi connectivity index (χ0) is 23.7. The lowest BCUT2D eigenvalue weighted by atomic mass is 10.1. The fraction of sp³-hybridized carbons (Fsp3) is 0.440. The number of aromatic nitrogens is 2. The molecule has 34 heavy (non-hydrogen) atoms. The number of fused-ring (bicyclic) bond motifs is 1. The van der Waals surface area contributed by atoms with Gasteiger partial charge >= 0.3 is 0 Å². The number of benzene rings is 1. The smallest absolute Gasteiger partial charge is 0.225 e. The largest absolute Gasteiger partial charge is 0.384 e. The molecule has 3 aromatic rings. The summed E-state index contributed by atoms with van der Waals surface area (Å²) in [6.45, 7) is 6.94. The molecule has 3 heterocycles. The first-order chi connectivity index (χ1) is 16.5. The van der Waals surface area contributed by atoms with Gasteiger partial charge in [0, 0.05) is 68.8 Å². The van der Waals surface area contributed by atoms with E-state index >= 15 is 0 Å². The van der Waals surface area contributed by atoms with E-state index in [1.807, 2.05) is 17.9 Å². The molecular formula is C25H30F2N6O. The molecule has 0 spiro atoms. The number of nitrogens with zero attached hydrogens (tertiary/aromatic N) is 4. The van der Waals surface area contributed by atoms with Gasteiger partial charge in [0.1, 0.15) is 11.6 Å². The van der Waals surface area contributed by atoms with Crippen LogP contribution in [-0.4, -0.2) is 66.2 Å². The number of carbonyl (C=O) groups excluding carboxylic acids is 1. The zero-order valence-electron chi connectivity index (χ0n) is 19.4. The maximum atomic E-state index is 15.0. The van der Waals surface area contributed by atoms with Crippen LogP contribution < -0.4 is 15.5 Å². The molecule has 0 radical (unpaired) electrons. The third-order valence-corrected chi connectivity index (χ3v) is 6.56. The molecule has 1 aromatic carbocycles. The summed E-state index contributed by atoms with van der Waals surface area (Å²) < 4.78 is 31.6. The first-order valence-electron chi connectivity index (χ1n) is 12.0. The topological polar surface area (TPSA) is 64.9 Å². The number of piperazine rings is 1. The van der Waals surface area contributed by atoms with Crippen molar-refractivity contribution in [2.24, 2.45) is 5.92 Å². The Morgan fingerprint density at radius 1 is 1.09 bits per heavy atom. The van der Waals surface area contributed by atoms with Gasteiger partial charge in [0.15, 0.2) is 0 Å². The van der Waals surface area contributed by atoms with Crippen LogP contribution in [0.15, 0.2) is 36.7 Å². The van der Waals surface area contributed by atoms with Gasteiger partial charge in [0.2, 0.25) is 5.91 Å². The normalized spacial score (nSPS) is 16.3. The minimum Gasteiger partial charge on any atom is -0.384 e. The van der Waals surface area contributed by atoms with E-state index in [1.54, 1.807) is 23.0 Å². The molecule has 1 amide bonds. The molecule has 0 unspecified atom stereocenters. The molecule has 2 aromatic heterocycles. The lowest BCUT2D eigenvalue weighted by molar-refractivity contribution is -0.132. The molecule has 0 atom stereocenters. The van der Waals surface area contributed by atoms with Crippen molar-refractivity contribution in [1.29, 1.82) is 0 Å². The highest BCUT2D eigenvalue weighted by atomic mass is 19.1. The SMILES string of the molecule is CCNCCNc1cc(F)c(-c2cc3c(N4CCN(C(=O)C5CC5)CC4)ccnn3c2)c(F)c1. The summed E-state index contributed by atoms with van der Waals surface area (Å²) >= 11 is 0. The standard InChI is InChI=1S/C25H30F2N6O/c1-2-28-7-8-29-19-14-20(26)24(21(27)15-19)18-13-23-22(5-6-30-33(23)16-18)31-9-11-32(12-10-31)25(34)17-3-4-17/h5-6,13-17,28-29H,2-4,7-12H2,1H3. The Morgan fingerprint density at radius 3 is 2.50 bits per heavy atom. The van der Waals surface area contributed by atoms with Crippen molar-refractivity contribution in [3.63, 3.8) is 0 Å². The molecule has 1 aliphatic carbocycles. The lowest BCUT2D eigenvalue weighted by Crippen LogP contribution is -2.49. The molecule has 2 N–H and O–H groups in total. The maximum Gasteiger partial charge on any atom is 0.225 e. The van der Waals surface area contributed by atoms with Gasteiger partial charge in [-0.2, -0.15) is 5.10 Å². The number of amides is 1. The van der Waals surface area contributed by atoms with E-state index in [2.05, 4.69) is 20.6 Å². The summed E-state index contributed by atoms with van der Waals surface area (Å²) in [6.07, 6.45) is 5.37. The molecule has 7 nitrogen and oxygen atoms in total. The van der Waals surface area contributed by atoms with Crippen LogP contribution in [0.5, 0.6) is 0 Å². The molecule has 2 fully saturated rings. The van der Waals surface area contributed by atoms with Gasteiger partial charge < -0.3 is 20.4 Å². The molecule has 5 rings (SSSR count). The summed E-state index contributed by atoms with van der Waals surface area (Å²) in [7, 11) is 0. The fourth-order valence-corrected chi connectivity index (χ4v) is 4.58. The second kappa shape index (κ2) is 9.58. The highest BCUT2D eigenvalue weighted by Crippen LogP contribution is 2.34. The molecule has 2 aliphatic rings. The van der Waals surface area contributed by atoms with Crippen molar-refractivity contribution in [3.8, 4) is 11.1 Å². The van der Waals surface area contributed by atoms with E-state index in [4.69, 9.17) is 0 Å². The molecule has 1 aliphatic heterocycles. The van der Waals surface area contributed by atoms with Gasteiger partial charge in [0.05, 0.1) is 16.8 Å². The van der Waals surface area contributed by atoms with Crippen molar-refractivity contribution >= 4 is 22.8 Å². The van der Waals surface area contributed by atoms with Crippen LogP contribution in [-0.2, 0) is 4.79 Å². The summed E-state index contributed by atoms with van der Waals surface area (Å²) in [5.74, 6) is -0.729. The van der Waals surface area contributed by atoms with Crippen molar-refractivity contribution < 1.29 is 13.6 Å². The summed E-state index contributed by atoms with van der Waals surface area (Å²) in [6, 6.07) is 6.36. The Morgan fingerprint density at radius 2 is 1.82 bits per heavy atom. The van der Waals surface area contributed by atoms with E-state index in [9.17, 15) is 13.6 Å². The van der Waals surface area contributed by atoms with Crippen LogP contribution in [0.2, 0.25) is 0 Å². The first-order valence-corrected chi connectivity index (χ1v) is 12.0. The van der Waals surface area contributed by atoms with Crippen molar-refractivity contribution in [2.75, 3.05) is 56.0 Å². The van der Waals surface area contributed by atoms with Crippen LogP contribution >= 0.6 is 0 Å². The Hall–Kier alpha value is -3.20. The molecule has 9 heteroatoms. The Kier molecular flexibility index (Phi) is 6.36. The van der Waals surface area contributed by atoms with E-state index in [1.165, 1.54) is 12.1 Å². The third kappa shape index (κ3) is 4.57. The molecule has 180 valence electrons. The number of likely N-dealkylation sites (N-methyl/N-ethyl adjacent to an activating group) is 1. The van der Waals surface area contributed by atoms with E-state index in [0.717, 1.165) is 30.6 Å². The minimum atomic E-state index is -0.615. The van der Waals surface area contributed by atoms with Crippen molar-refractivity contribution in [3.05, 3.63) is 48.3 Å². The molecular weight excluding hydrogens is 438 g/mol. The third-order valence-electron chi connectivity index (χ3n) is 6.56. The minimum absolute atomic E-state index is 0.0615. The van der Waals surface area contributed by atoms with E-state index < -0.39 is 11.6 Å². The van der Waals surface area contributed by atoms with Crippen molar-refractivity contribution in [1.82, 2.24) is 19.8 Å². The van der Waals surface area contributed by atoms with Gasteiger partial charge in [-0.1, -0.05) is 6.92 Å². The number of hydrogen-bond donors (Lipinski definition) is 2. The average molecular weight is 469 g/mol. The fourth-order valence-electron chi connectivity index (χ4n) is 4.58. The van der Waals surface area contributed by atoms with Gasteiger partial charge in [-0.25, -0.2) is 13.3 Å². The number of halogens is 2. The number of hydrogen-bond acceptors (Lipinski definition) is 5. The summed E-state index contributed by atoms with van der Waals surface area (Å²) in [5, 5.41) is 10.6. The van der Waals surface area contributed by atoms with Gasteiger partial charge in [-0.3, -0.25) is 4.79 Å². The quantitative estimate of drug-likeness (QED) is 0.497. The molecule has 1 saturated heterocycles. The first kappa shape index (κ1) is 22.6. The predicted octanol–water partition coefficient (Wildman–Crippen LogP) is 3.36. The Bertz CT molecular complexity index is 1160. The molecule has 1 saturated carbocycles. The highest BCUT2D eigenvalue weighted by Gasteiger charge is 2.34. The number of carbonyl (C=O) groups is 1. The van der Waals surface area contributed by atoms with Crippen LogP contribution in [0, 0.1) is 17.6 Å². The number of anilines is 2. The number of rotatable bonds is 8. The van der Waals surface area contributed by atoms with Gasteiger partial charge in [-0.05, 0) is 43.7 Å². The highest BCUT2D eigenvalue weighted by molar-refractivity contribution is 5.83. The van der Waals surface area contributed by atoms with E-state index in [0.29, 0.717) is 50.5 Å². The Labute approximate surface area is 197 Å². The second-order valence-corrected chi connectivity index (χ2v) is 8.96. The maximum absolute atomic E-state index is 15.0. The predicted molar refractivity (Wildman–Crippen MR) is 129 cm³/mol. The number of nitrogens with one attached hydrogen (secondary N) is 2. The van der Waals surface area contributed by atoms with Crippen LogP contribution in [0.4, 0.5) is 20.2 Å². The monoisotopic (exact) mass is 468 g/mol. The van der Waals surface area contributed by atoms with E-state index in [-0.39, 0.29) is 17.4 Å². The van der Waals surface area contributed by atoms with Crippen LogP contribution in [0.25, 0.3) is 16.6 Å².